The van der Waals surface area contributed by atoms with Crippen molar-refractivity contribution in [2.75, 3.05) is 7.11 Å². The molecule has 0 fully saturated rings. The van der Waals surface area contributed by atoms with E-state index in [0.29, 0.717) is 0 Å². The summed E-state index contributed by atoms with van der Waals surface area (Å²) < 4.78 is 5.23. The number of nitriles is 1. The highest BCUT2D eigenvalue weighted by Crippen LogP contribution is 2.40. The van der Waals surface area contributed by atoms with E-state index in [1.807, 2.05) is 24.3 Å². The number of thiocarbonyl (C=S) groups is 1. The standard InChI is InChI=1S/C18H18N2OS/c1-21-13-8-6-12(7-9-13)18-14-4-2-3-5-16(14)20-17(11-22)15(18)10-19/h6-9,11,17,20H,2-5H2,1H3. The summed E-state index contributed by atoms with van der Waals surface area (Å²) >= 11 is 5.14. The quantitative estimate of drug-likeness (QED) is 0.863. The van der Waals surface area contributed by atoms with Crippen molar-refractivity contribution in [1.29, 1.82) is 5.26 Å². The third-order valence-electron chi connectivity index (χ3n) is 4.31. The highest BCUT2D eigenvalue weighted by Gasteiger charge is 2.29. The van der Waals surface area contributed by atoms with Gasteiger partial charge in [0.05, 0.1) is 24.8 Å². The highest BCUT2D eigenvalue weighted by molar-refractivity contribution is 7.79. The van der Waals surface area contributed by atoms with E-state index in [1.165, 1.54) is 24.1 Å². The molecule has 3 rings (SSSR count). The van der Waals surface area contributed by atoms with Gasteiger partial charge in [0.15, 0.2) is 0 Å². The number of ether oxygens (including phenoxy) is 1. The van der Waals surface area contributed by atoms with Crippen molar-refractivity contribution in [1.82, 2.24) is 5.32 Å². The predicted octanol–water partition coefficient (Wildman–Crippen LogP) is 3.77. The molecule has 0 bridgehead atoms. The van der Waals surface area contributed by atoms with Crippen molar-refractivity contribution in [2.45, 2.75) is 31.7 Å². The summed E-state index contributed by atoms with van der Waals surface area (Å²) in [6.07, 6.45) is 4.40. The van der Waals surface area contributed by atoms with E-state index in [9.17, 15) is 5.26 Å². The SMILES string of the molecule is COc1ccc(C2=C(C#N)C(C=S)NC3=C2CCCC3)cc1. The first kappa shape index (κ1) is 14.8. The average Bonchev–Trinajstić information content (AvgIpc) is 2.60. The molecule has 1 aliphatic heterocycles. The number of nitrogens with one attached hydrogen (secondary N) is 1. The predicted molar refractivity (Wildman–Crippen MR) is 91.6 cm³/mol. The number of rotatable bonds is 3. The molecular weight excluding hydrogens is 292 g/mol. The molecule has 1 atom stereocenters. The molecule has 4 heteroatoms. The smallest absolute Gasteiger partial charge is 0.118 e. The van der Waals surface area contributed by atoms with Crippen LogP contribution >= 0.6 is 12.2 Å². The molecule has 22 heavy (non-hydrogen) atoms. The third-order valence-corrected chi connectivity index (χ3v) is 4.59. The molecule has 0 saturated carbocycles. The van der Waals surface area contributed by atoms with Gasteiger partial charge in [0.1, 0.15) is 5.75 Å². The Morgan fingerprint density at radius 1 is 1.27 bits per heavy atom. The summed E-state index contributed by atoms with van der Waals surface area (Å²) in [4.78, 5) is 0. The maximum Gasteiger partial charge on any atom is 0.118 e. The lowest BCUT2D eigenvalue weighted by atomic mass is 9.80. The van der Waals surface area contributed by atoms with E-state index in [1.54, 1.807) is 12.5 Å². The lowest BCUT2D eigenvalue weighted by Crippen LogP contribution is -2.36. The normalized spacial score (nSPS) is 20.8. The first-order valence-electron chi connectivity index (χ1n) is 7.51. The van der Waals surface area contributed by atoms with Gasteiger partial charge in [0.2, 0.25) is 0 Å². The summed E-state index contributed by atoms with van der Waals surface area (Å²) in [7, 11) is 1.66. The Morgan fingerprint density at radius 3 is 2.64 bits per heavy atom. The van der Waals surface area contributed by atoms with Crippen molar-refractivity contribution < 1.29 is 4.74 Å². The van der Waals surface area contributed by atoms with Gasteiger partial charge in [-0.15, -0.1) is 0 Å². The van der Waals surface area contributed by atoms with Gasteiger partial charge >= 0.3 is 0 Å². The maximum absolute atomic E-state index is 9.65. The molecule has 3 nitrogen and oxygen atoms in total. The van der Waals surface area contributed by atoms with Gasteiger partial charge in [-0.2, -0.15) is 5.26 Å². The summed E-state index contributed by atoms with van der Waals surface area (Å²) in [6.45, 7) is 0. The molecular formula is C18H18N2OS. The number of nitrogens with zero attached hydrogens (tertiary/aromatic N) is 1. The van der Waals surface area contributed by atoms with Gasteiger partial charge in [-0.05, 0) is 49.0 Å². The summed E-state index contributed by atoms with van der Waals surface area (Å²) in [6, 6.07) is 10.1. The first-order chi connectivity index (χ1) is 10.8. The lowest BCUT2D eigenvalue weighted by Gasteiger charge is -2.32. The largest absolute Gasteiger partial charge is 0.497 e. The van der Waals surface area contributed by atoms with Crippen LogP contribution in [-0.2, 0) is 0 Å². The van der Waals surface area contributed by atoms with Gasteiger partial charge in [0, 0.05) is 16.6 Å². The molecule has 0 amide bonds. The molecule has 2 aliphatic rings. The molecule has 0 spiro atoms. The second kappa shape index (κ2) is 6.33. The fourth-order valence-corrected chi connectivity index (χ4v) is 3.44. The summed E-state index contributed by atoms with van der Waals surface area (Å²) in [5, 5.41) is 14.8. The van der Waals surface area contributed by atoms with E-state index in [2.05, 4.69) is 11.4 Å². The minimum absolute atomic E-state index is 0.172. The minimum atomic E-state index is -0.172. The average molecular weight is 310 g/mol. The molecule has 0 radical (unpaired) electrons. The third kappa shape index (κ3) is 2.53. The number of hydrogen-bond acceptors (Lipinski definition) is 4. The van der Waals surface area contributed by atoms with Crippen molar-refractivity contribution >= 4 is 23.2 Å². The summed E-state index contributed by atoms with van der Waals surface area (Å²) in [5.41, 5.74) is 5.38. The van der Waals surface area contributed by atoms with Crippen LogP contribution in [0.3, 0.4) is 0 Å². The molecule has 112 valence electrons. The fraction of sp³-hybridized carbons (Fsp3) is 0.333. The molecule has 1 aromatic carbocycles. The molecule has 1 aromatic rings. The van der Waals surface area contributed by atoms with Crippen LogP contribution in [0.25, 0.3) is 5.57 Å². The Labute approximate surface area is 136 Å². The zero-order chi connectivity index (χ0) is 15.5. The van der Waals surface area contributed by atoms with Gasteiger partial charge in [-0.25, -0.2) is 0 Å². The molecule has 1 heterocycles. The van der Waals surface area contributed by atoms with Gasteiger partial charge in [0.25, 0.3) is 0 Å². The highest BCUT2D eigenvalue weighted by atomic mass is 32.1. The fourth-order valence-electron chi connectivity index (χ4n) is 3.23. The number of methoxy groups -OCH3 is 1. The van der Waals surface area contributed by atoms with Crippen LogP contribution in [0.5, 0.6) is 5.75 Å². The molecule has 0 saturated heterocycles. The molecule has 1 N–H and O–H groups in total. The minimum Gasteiger partial charge on any atom is -0.497 e. The van der Waals surface area contributed by atoms with Crippen LogP contribution in [0.15, 0.2) is 41.1 Å². The Kier molecular flexibility index (Phi) is 4.26. The lowest BCUT2D eigenvalue weighted by molar-refractivity contribution is 0.415. The number of dihydropyridines is 1. The van der Waals surface area contributed by atoms with E-state index in [-0.39, 0.29) is 6.04 Å². The molecule has 0 aromatic heterocycles. The van der Waals surface area contributed by atoms with Crippen molar-refractivity contribution in [3.05, 3.63) is 46.7 Å². The second-order valence-corrected chi connectivity index (χ2v) is 5.82. The number of allylic oxidation sites excluding steroid dienone is 3. The van der Waals surface area contributed by atoms with Crippen LogP contribution in [0.4, 0.5) is 0 Å². The molecule has 1 unspecified atom stereocenters. The van der Waals surface area contributed by atoms with Crippen LogP contribution < -0.4 is 10.1 Å². The van der Waals surface area contributed by atoms with Gasteiger partial charge in [-0.3, -0.25) is 0 Å². The van der Waals surface area contributed by atoms with Crippen molar-refractivity contribution in [2.24, 2.45) is 0 Å². The van der Waals surface area contributed by atoms with E-state index in [4.69, 9.17) is 17.0 Å². The zero-order valence-electron chi connectivity index (χ0n) is 12.6. The Morgan fingerprint density at radius 2 is 2.00 bits per heavy atom. The van der Waals surface area contributed by atoms with Crippen LogP contribution in [0, 0.1) is 11.3 Å². The monoisotopic (exact) mass is 310 g/mol. The first-order valence-corrected chi connectivity index (χ1v) is 7.98. The number of benzene rings is 1. The van der Waals surface area contributed by atoms with Gasteiger partial charge < -0.3 is 10.1 Å². The van der Waals surface area contributed by atoms with Crippen LogP contribution in [-0.4, -0.2) is 18.5 Å². The van der Waals surface area contributed by atoms with Crippen LogP contribution in [0.2, 0.25) is 0 Å². The van der Waals surface area contributed by atoms with E-state index in [0.717, 1.165) is 35.3 Å². The molecule has 1 aliphatic carbocycles. The van der Waals surface area contributed by atoms with E-state index >= 15 is 0 Å². The summed E-state index contributed by atoms with van der Waals surface area (Å²) in [5.74, 6) is 0.820. The maximum atomic E-state index is 9.65. The Balaban J connectivity index is 2.16. The van der Waals surface area contributed by atoms with Gasteiger partial charge in [-0.1, -0.05) is 24.4 Å². The number of hydrogen-bond donors (Lipinski definition) is 1. The van der Waals surface area contributed by atoms with Crippen molar-refractivity contribution in [3.8, 4) is 11.8 Å². The topological polar surface area (TPSA) is 45.0 Å². The van der Waals surface area contributed by atoms with Crippen LogP contribution in [0.1, 0.15) is 31.2 Å². The Hall–Kier alpha value is -2.12. The second-order valence-electron chi connectivity index (χ2n) is 5.55. The van der Waals surface area contributed by atoms with Crippen molar-refractivity contribution in [3.63, 3.8) is 0 Å². The Bertz CT molecular complexity index is 695. The zero-order valence-corrected chi connectivity index (χ0v) is 13.4. The van der Waals surface area contributed by atoms with E-state index < -0.39 is 0 Å².